The second kappa shape index (κ2) is 6.19. The van der Waals surface area contributed by atoms with E-state index in [0.717, 1.165) is 25.2 Å². The van der Waals surface area contributed by atoms with Gasteiger partial charge in [0.15, 0.2) is 0 Å². The summed E-state index contributed by atoms with van der Waals surface area (Å²) in [4.78, 5) is 4.38. The molecule has 0 heterocycles. The predicted octanol–water partition coefficient (Wildman–Crippen LogP) is 1.81. The smallest absolute Gasteiger partial charge is 0.115 e. The van der Waals surface area contributed by atoms with Crippen LogP contribution in [-0.4, -0.2) is 12.4 Å². The molecule has 0 saturated heterocycles. The van der Waals surface area contributed by atoms with Gasteiger partial charge in [0.2, 0.25) is 0 Å². The van der Waals surface area contributed by atoms with Gasteiger partial charge in [0, 0.05) is 13.0 Å². The van der Waals surface area contributed by atoms with E-state index in [9.17, 15) is 0 Å². The molecule has 1 aromatic carbocycles. The van der Waals surface area contributed by atoms with E-state index in [1.54, 1.807) is 0 Å². The van der Waals surface area contributed by atoms with Crippen molar-refractivity contribution in [3.8, 4) is 0 Å². The lowest BCUT2D eigenvalue weighted by Crippen LogP contribution is -2.32. The van der Waals surface area contributed by atoms with Crippen LogP contribution in [0.25, 0.3) is 0 Å². The summed E-state index contributed by atoms with van der Waals surface area (Å²) in [5, 5.41) is 0. The molecule has 0 radical (unpaired) electrons. The third kappa shape index (κ3) is 3.72. The number of nitrogens with zero attached hydrogens (tertiary/aromatic N) is 1. The number of aliphatic imine (C=N–C) groups is 1. The molecule has 0 aromatic heterocycles. The van der Waals surface area contributed by atoms with Gasteiger partial charge in [-0.2, -0.15) is 0 Å². The maximum absolute atomic E-state index is 5.43. The van der Waals surface area contributed by atoms with Crippen LogP contribution in [0.4, 0.5) is 0 Å². The summed E-state index contributed by atoms with van der Waals surface area (Å²) >= 11 is 0. The minimum absolute atomic E-state index is 0.781. The van der Waals surface area contributed by atoms with Crippen molar-refractivity contribution in [2.75, 3.05) is 6.54 Å². The average Bonchev–Trinajstić information content (AvgIpc) is 2.26. The second-order valence-corrected chi connectivity index (χ2v) is 3.58. The summed E-state index contributed by atoms with van der Waals surface area (Å²) in [6.07, 6.45) is 1.82. The number of hydrazine groups is 1. The van der Waals surface area contributed by atoms with E-state index >= 15 is 0 Å². The predicted molar refractivity (Wildman–Crippen MR) is 64.8 cm³/mol. The molecule has 0 aliphatic heterocycles. The lowest BCUT2D eigenvalue weighted by molar-refractivity contribution is 0.892. The zero-order valence-electron chi connectivity index (χ0n) is 9.46. The molecule has 0 bridgehead atoms. The van der Waals surface area contributed by atoms with Gasteiger partial charge in [-0.05, 0) is 24.5 Å². The van der Waals surface area contributed by atoms with Gasteiger partial charge >= 0.3 is 0 Å². The van der Waals surface area contributed by atoms with Gasteiger partial charge in [-0.3, -0.25) is 4.99 Å². The number of hydrogen-bond acceptors (Lipinski definition) is 2. The van der Waals surface area contributed by atoms with Crippen LogP contribution in [0.1, 0.15) is 24.5 Å². The highest BCUT2D eigenvalue weighted by molar-refractivity contribution is 5.84. The third-order valence-corrected chi connectivity index (χ3v) is 2.31. The molecule has 3 nitrogen and oxygen atoms in total. The number of aryl methyl sites for hydroxylation is 1. The minimum atomic E-state index is 0.781. The van der Waals surface area contributed by atoms with Gasteiger partial charge in [0.25, 0.3) is 0 Å². The van der Waals surface area contributed by atoms with Crippen LogP contribution in [0.3, 0.4) is 0 Å². The van der Waals surface area contributed by atoms with E-state index < -0.39 is 0 Å². The fraction of sp³-hybridized carbons (Fsp3) is 0.417. The summed E-state index contributed by atoms with van der Waals surface area (Å²) in [6, 6.07) is 8.28. The summed E-state index contributed by atoms with van der Waals surface area (Å²) in [6.45, 7) is 5.03. The largest absolute Gasteiger partial charge is 0.312 e. The first-order valence-electron chi connectivity index (χ1n) is 5.32. The van der Waals surface area contributed by atoms with Gasteiger partial charge in [0.05, 0.1) is 0 Å². The summed E-state index contributed by atoms with van der Waals surface area (Å²) in [5.74, 6) is 6.28. The Kier molecular flexibility index (Phi) is 4.84. The van der Waals surface area contributed by atoms with E-state index in [2.05, 4.69) is 36.4 Å². The quantitative estimate of drug-likeness (QED) is 0.341. The SMILES string of the molecule is CCCN=C(Cc1ccccc1C)NN. The van der Waals surface area contributed by atoms with E-state index in [1.807, 2.05) is 12.1 Å². The molecule has 1 aromatic rings. The summed E-state index contributed by atoms with van der Waals surface area (Å²) < 4.78 is 0. The van der Waals surface area contributed by atoms with Crippen LogP contribution in [0, 0.1) is 6.92 Å². The van der Waals surface area contributed by atoms with E-state index in [1.165, 1.54) is 11.1 Å². The van der Waals surface area contributed by atoms with Crippen LogP contribution < -0.4 is 11.3 Å². The molecular formula is C12H19N3. The van der Waals surface area contributed by atoms with Crippen molar-refractivity contribution in [1.82, 2.24) is 5.43 Å². The molecule has 82 valence electrons. The van der Waals surface area contributed by atoms with Crippen LogP contribution >= 0.6 is 0 Å². The second-order valence-electron chi connectivity index (χ2n) is 3.58. The Morgan fingerprint density at radius 2 is 2.13 bits per heavy atom. The van der Waals surface area contributed by atoms with Crippen molar-refractivity contribution in [2.45, 2.75) is 26.7 Å². The van der Waals surface area contributed by atoms with Crippen LogP contribution in [0.15, 0.2) is 29.3 Å². The standard InChI is InChI=1S/C12H19N3/c1-3-8-14-12(15-13)9-11-7-5-4-6-10(11)2/h4-7H,3,8-9,13H2,1-2H3,(H,14,15). The van der Waals surface area contributed by atoms with E-state index in [4.69, 9.17) is 5.84 Å². The van der Waals surface area contributed by atoms with E-state index in [0.29, 0.717) is 0 Å². The highest BCUT2D eigenvalue weighted by Crippen LogP contribution is 2.07. The van der Waals surface area contributed by atoms with Crippen LogP contribution in [-0.2, 0) is 6.42 Å². The lowest BCUT2D eigenvalue weighted by atomic mass is 10.1. The number of nitrogens with two attached hydrogens (primary N) is 1. The molecule has 0 spiro atoms. The van der Waals surface area contributed by atoms with Crippen molar-refractivity contribution in [3.63, 3.8) is 0 Å². The van der Waals surface area contributed by atoms with Crippen molar-refractivity contribution < 1.29 is 0 Å². The summed E-state index contributed by atoms with van der Waals surface area (Å²) in [7, 11) is 0. The van der Waals surface area contributed by atoms with Crippen molar-refractivity contribution >= 4 is 5.84 Å². The molecule has 0 amide bonds. The monoisotopic (exact) mass is 205 g/mol. The summed E-state index contributed by atoms with van der Waals surface area (Å²) in [5.41, 5.74) is 5.21. The Morgan fingerprint density at radius 1 is 1.40 bits per heavy atom. The lowest BCUT2D eigenvalue weighted by Gasteiger charge is -2.08. The molecule has 0 fully saturated rings. The molecule has 1 rings (SSSR count). The normalized spacial score (nSPS) is 11.5. The zero-order chi connectivity index (χ0) is 11.1. The fourth-order valence-electron chi connectivity index (χ4n) is 1.39. The molecule has 0 unspecified atom stereocenters. The van der Waals surface area contributed by atoms with Gasteiger partial charge < -0.3 is 5.43 Å². The van der Waals surface area contributed by atoms with Gasteiger partial charge in [-0.1, -0.05) is 31.2 Å². The molecule has 15 heavy (non-hydrogen) atoms. The highest BCUT2D eigenvalue weighted by atomic mass is 15.2. The van der Waals surface area contributed by atoms with Gasteiger partial charge in [0.1, 0.15) is 5.84 Å². The number of hydrogen-bond donors (Lipinski definition) is 2. The molecular weight excluding hydrogens is 186 g/mol. The minimum Gasteiger partial charge on any atom is -0.312 e. The number of amidine groups is 1. The van der Waals surface area contributed by atoms with Gasteiger partial charge in [-0.25, -0.2) is 5.84 Å². The Balaban J connectivity index is 2.71. The maximum Gasteiger partial charge on any atom is 0.115 e. The Labute approximate surface area is 91.4 Å². The van der Waals surface area contributed by atoms with Crippen LogP contribution in [0.5, 0.6) is 0 Å². The Morgan fingerprint density at radius 3 is 2.73 bits per heavy atom. The molecule has 3 N–H and O–H groups in total. The highest BCUT2D eigenvalue weighted by Gasteiger charge is 2.01. The van der Waals surface area contributed by atoms with E-state index in [-0.39, 0.29) is 0 Å². The maximum atomic E-state index is 5.43. The molecule has 0 atom stereocenters. The molecule has 0 aliphatic rings. The van der Waals surface area contributed by atoms with Crippen molar-refractivity contribution in [1.29, 1.82) is 0 Å². The molecule has 0 aliphatic carbocycles. The topological polar surface area (TPSA) is 50.4 Å². The van der Waals surface area contributed by atoms with Crippen molar-refractivity contribution in [2.24, 2.45) is 10.8 Å². The fourth-order valence-corrected chi connectivity index (χ4v) is 1.39. The Hall–Kier alpha value is -1.35. The first-order chi connectivity index (χ1) is 7.27. The first kappa shape index (κ1) is 11.7. The molecule has 0 saturated carbocycles. The zero-order valence-corrected chi connectivity index (χ0v) is 9.46. The van der Waals surface area contributed by atoms with Crippen molar-refractivity contribution in [3.05, 3.63) is 35.4 Å². The third-order valence-electron chi connectivity index (χ3n) is 2.31. The average molecular weight is 205 g/mol. The number of rotatable bonds is 4. The van der Waals surface area contributed by atoms with Gasteiger partial charge in [-0.15, -0.1) is 0 Å². The first-order valence-corrected chi connectivity index (χ1v) is 5.32. The number of benzene rings is 1. The number of nitrogens with one attached hydrogen (secondary N) is 1. The molecule has 3 heteroatoms. The van der Waals surface area contributed by atoms with Crippen LogP contribution in [0.2, 0.25) is 0 Å². The Bertz CT molecular complexity index is 331.